The van der Waals surface area contributed by atoms with Gasteiger partial charge in [0.05, 0.1) is 11.6 Å². The fraction of sp³-hybridized carbons (Fsp3) is 0.400. The fourth-order valence-electron chi connectivity index (χ4n) is 2.50. The van der Waals surface area contributed by atoms with Crippen molar-refractivity contribution in [1.82, 2.24) is 0 Å². The number of rotatable bonds is 8. The fourth-order valence-corrected chi connectivity index (χ4v) is 2.68. The minimum Gasteiger partial charge on any atom is -0.488 e. The van der Waals surface area contributed by atoms with Crippen LogP contribution >= 0.6 is 11.6 Å². The Balaban J connectivity index is 2.03. The van der Waals surface area contributed by atoms with Crippen LogP contribution in [-0.4, -0.2) is 12.6 Å². The highest BCUT2D eigenvalue weighted by Crippen LogP contribution is 2.29. The minimum atomic E-state index is -0.409. The number of hydrogen-bond acceptors (Lipinski definition) is 2. The Hall–Kier alpha value is -1.74. The first-order valence-corrected chi connectivity index (χ1v) is 8.87. The summed E-state index contributed by atoms with van der Waals surface area (Å²) in [6, 6.07) is 12.8. The second kappa shape index (κ2) is 8.93. The largest absolute Gasteiger partial charge is 0.488 e. The SMILES string of the molecule is CCC(CNc1ccc(F)c(Cl)c1)Oc1ccccc1C(C)CC. The van der Waals surface area contributed by atoms with Crippen molar-refractivity contribution in [1.29, 1.82) is 0 Å². The van der Waals surface area contributed by atoms with Gasteiger partial charge in [-0.1, -0.05) is 50.6 Å². The second-order valence-electron chi connectivity index (χ2n) is 6.01. The highest BCUT2D eigenvalue weighted by atomic mass is 35.5. The number of halogens is 2. The molecule has 1 N–H and O–H groups in total. The third-order valence-corrected chi connectivity index (χ3v) is 4.55. The number of nitrogens with one attached hydrogen (secondary N) is 1. The van der Waals surface area contributed by atoms with E-state index < -0.39 is 5.82 Å². The normalized spacial score (nSPS) is 13.4. The van der Waals surface area contributed by atoms with Gasteiger partial charge in [0.25, 0.3) is 0 Å². The van der Waals surface area contributed by atoms with Crippen LogP contribution in [0.15, 0.2) is 42.5 Å². The Kier molecular flexibility index (Phi) is 6.92. The lowest BCUT2D eigenvalue weighted by Crippen LogP contribution is -2.26. The quantitative estimate of drug-likeness (QED) is 0.607. The third-order valence-electron chi connectivity index (χ3n) is 4.26. The molecule has 130 valence electrons. The Bertz CT molecular complexity index is 662. The Morgan fingerprint density at radius 3 is 2.54 bits per heavy atom. The zero-order chi connectivity index (χ0) is 17.5. The average molecular weight is 350 g/mol. The number of hydrogen-bond donors (Lipinski definition) is 1. The molecule has 2 rings (SSSR count). The molecule has 0 aromatic heterocycles. The highest BCUT2D eigenvalue weighted by molar-refractivity contribution is 6.31. The highest BCUT2D eigenvalue weighted by Gasteiger charge is 2.14. The maximum Gasteiger partial charge on any atom is 0.141 e. The summed E-state index contributed by atoms with van der Waals surface area (Å²) in [5.41, 5.74) is 2.03. The van der Waals surface area contributed by atoms with Gasteiger partial charge in [0.2, 0.25) is 0 Å². The zero-order valence-corrected chi connectivity index (χ0v) is 15.2. The summed E-state index contributed by atoms with van der Waals surface area (Å²) in [7, 11) is 0. The van der Waals surface area contributed by atoms with Gasteiger partial charge in [-0.3, -0.25) is 0 Å². The molecule has 2 unspecified atom stereocenters. The molecule has 0 amide bonds. The van der Waals surface area contributed by atoms with Crippen LogP contribution in [0.2, 0.25) is 5.02 Å². The number of para-hydroxylation sites is 1. The lowest BCUT2D eigenvalue weighted by molar-refractivity contribution is 0.207. The first-order chi connectivity index (χ1) is 11.5. The molecular weight excluding hydrogens is 325 g/mol. The average Bonchev–Trinajstić information content (AvgIpc) is 2.61. The van der Waals surface area contributed by atoms with Crippen molar-refractivity contribution in [3.8, 4) is 5.75 Å². The van der Waals surface area contributed by atoms with E-state index in [0.717, 1.165) is 24.3 Å². The van der Waals surface area contributed by atoms with Crippen LogP contribution in [0.25, 0.3) is 0 Å². The monoisotopic (exact) mass is 349 g/mol. The maximum absolute atomic E-state index is 13.2. The molecule has 2 atom stereocenters. The molecule has 2 aromatic rings. The first-order valence-electron chi connectivity index (χ1n) is 8.49. The molecule has 0 bridgehead atoms. The van der Waals surface area contributed by atoms with Crippen molar-refractivity contribution >= 4 is 17.3 Å². The van der Waals surface area contributed by atoms with Gasteiger partial charge < -0.3 is 10.1 Å². The topological polar surface area (TPSA) is 21.3 Å². The number of anilines is 1. The van der Waals surface area contributed by atoms with Crippen LogP contribution in [0.1, 0.15) is 45.1 Å². The van der Waals surface area contributed by atoms with Crippen LogP contribution in [0, 0.1) is 5.82 Å². The summed E-state index contributed by atoms with van der Waals surface area (Å²) in [4.78, 5) is 0. The van der Waals surface area contributed by atoms with Crippen molar-refractivity contribution in [3.63, 3.8) is 0 Å². The molecule has 0 saturated carbocycles. The van der Waals surface area contributed by atoms with E-state index in [0.29, 0.717) is 12.5 Å². The predicted molar refractivity (Wildman–Crippen MR) is 99.8 cm³/mol. The second-order valence-corrected chi connectivity index (χ2v) is 6.41. The Morgan fingerprint density at radius 1 is 1.12 bits per heavy atom. The van der Waals surface area contributed by atoms with E-state index in [2.05, 4.69) is 32.2 Å². The molecule has 0 spiro atoms. The molecule has 0 fully saturated rings. The predicted octanol–water partition coefficient (Wildman–Crippen LogP) is 6.26. The van der Waals surface area contributed by atoms with Crippen LogP contribution in [-0.2, 0) is 0 Å². The molecule has 2 aromatic carbocycles. The summed E-state index contributed by atoms with van der Waals surface area (Å²) >= 11 is 5.82. The molecule has 0 heterocycles. The summed E-state index contributed by atoms with van der Waals surface area (Å²) in [5.74, 6) is 0.994. The van der Waals surface area contributed by atoms with Gasteiger partial charge in [-0.2, -0.15) is 0 Å². The molecule has 0 aliphatic rings. The van der Waals surface area contributed by atoms with Crippen molar-refractivity contribution in [2.45, 2.75) is 45.6 Å². The Morgan fingerprint density at radius 2 is 1.88 bits per heavy atom. The molecule has 0 saturated heterocycles. The van der Waals surface area contributed by atoms with E-state index >= 15 is 0 Å². The van der Waals surface area contributed by atoms with Gasteiger partial charge in [-0.25, -0.2) is 4.39 Å². The molecule has 0 radical (unpaired) electrons. The van der Waals surface area contributed by atoms with E-state index in [-0.39, 0.29) is 11.1 Å². The van der Waals surface area contributed by atoms with Crippen LogP contribution in [0.5, 0.6) is 5.75 Å². The van der Waals surface area contributed by atoms with E-state index in [1.54, 1.807) is 12.1 Å². The molecule has 24 heavy (non-hydrogen) atoms. The summed E-state index contributed by atoms with van der Waals surface area (Å²) < 4.78 is 19.4. The van der Waals surface area contributed by atoms with Gasteiger partial charge in [0.15, 0.2) is 0 Å². The van der Waals surface area contributed by atoms with Crippen molar-refractivity contribution < 1.29 is 9.13 Å². The minimum absolute atomic E-state index is 0.0269. The van der Waals surface area contributed by atoms with Crippen LogP contribution in [0.4, 0.5) is 10.1 Å². The molecule has 0 aliphatic heterocycles. The smallest absolute Gasteiger partial charge is 0.141 e. The maximum atomic E-state index is 13.2. The van der Waals surface area contributed by atoms with Gasteiger partial charge >= 0.3 is 0 Å². The van der Waals surface area contributed by atoms with Crippen LogP contribution in [0.3, 0.4) is 0 Å². The van der Waals surface area contributed by atoms with Crippen molar-refractivity contribution in [2.75, 3.05) is 11.9 Å². The lowest BCUT2D eigenvalue weighted by atomic mass is 9.98. The summed E-state index contributed by atoms with van der Waals surface area (Å²) in [6.07, 6.45) is 1.97. The molecule has 2 nitrogen and oxygen atoms in total. The van der Waals surface area contributed by atoms with Crippen molar-refractivity contribution in [2.24, 2.45) is 0 Å². The first kappa shape index (κ1) is 18.6. The standard InChI is InChI=1S/C20H25ClFNO/c1-4-14(3)17-8-6-7-9-20(17)24-16(5-2)13-23-15-10-11-19(22)18(21)12-15/h6-12,14,16,23H,4-5,13H2,1-3H3. The van der Waals surface area contributed by atoms with Gasteiger partial charge in [0.1, 0.15) is 17.7 Å². The third kappa shape index (κ3) is 4.88. The number of benzene rings is 2. The van der Waals surface area contributed by atoms with E-state index in [1.807, 2.05) is 18.2 Å². The molecule has 4 heteroatoms. The van der Waals surface area contributed by atoms with Crippen molar-refractivity contribution in [3.05, 3.63) is 58.9 Å². The van der Waals surface area contributed by atoms with Crippen LogP contribution < -0.4 is 10.1 Å². The van der Waals surface area contributed by atoms with E-state index in [1.165, 1.54) is 11.6 Å². The Labute approximate surface area is 149 Å². The van der Waals surface area contributed by atoms with Gasteiger partial charge in [0, 0.05) is 5.69 Å². The molecular formula is C20H25ClFNO. The van der Waals surface area contributed by atoms with Gasteiger partial charge in [-0.15, -0.1) is 0 Å². The summed E-state index contributed by atoms with van der Waals surface area (Å²) in [6.45, 7) is 7.11. The van der Waals surface area contributed by atoms with Gasteiger partial charge in [-0.05, 0) is 48.6 Å². The molecule has 0 aliphatic carbocycles. The number of ether oxygens (including phenoxy) is 1. The lowest BCUT2D eigenvalue weighted by Gasteiger charge is -2.22. The zero-order valence-electron chi connectivity index (χ0n) is 14.5. The summed E-state index contributed by atoms with van der Waals surface area (Å²) in [5, 5.41) is 3.39. The van der Waals surface area contributed by atoms with E-state index in [4.69, 9.17) is 16.3 Å². The van der Waals surface area contributed by atoms with E-state index in [9.17, 15) is 4.39 Å².